The van der Waals surface area contributed by atoms with Crippen LogP contribution in [-0.2, 0) is 27.9 Å². The summed E-state index contributed by atoms with van der Waals surface area (Å²) in [6, 6.07) is 10.6. The number of carbonyl (C=O) groups excluding carboxylic acids is 3. The largest absolute Gasteiger partial charge is 0.573 e. The highest BCUT2D eigenvalue weighted by atomic mass is 19.4. The molecule has 0 spiro atoms. The molecule has 4 aromatic rings. The highest BCUT2D eigenvalue weighted by Crippen LogP contribution is 2.36. The summed E-state index contributed by atoms with van der Waals surface area (Å²) in [6.07, 6.45) is 3.24. The van der Waals surface area contributed by atoms with Gasteiger partial charge in [-0.1, -0.05) is 12.1 Å². The summed E-state index contributed by atoms with van der Waals surface area (Å²) in [7, 11) is 1.58. The maximum Gasteiger partial charge on any atom is 0.573 e. The summed E-state index contributed by atoms with van der Waals surface area (Å²) in [5.74, 6) is -1.37. The number of amides is 2. The minimum absolute atomic E-state index is 0.0981. The normalized spacial score (nSPS) is 19.1. The number of rotatable bonds is 10. The molecule has 0 aliphatic carbocycles. The predicted molar refractivity (Wildman–Crippen MR) is 198 cm³/mol. The van der Waals surface area contributed by atoms with Gasteiger partial charge in [0.15, 0.2) is 0 Å². The molecule has 2 amide bonds. The fourth-order valence-electron chi connectivity index (χ4n) is 7.99. The van der Waals surface area contributed by atoms with Crippen LogP contribution in [0, 0.1) is 17.7 Å². The zero-order valence-corrected chi connectivity index (χ0v) is 30.3. The zero-order valence-electron chi connectivity index (χ0n) is 30.3. The highest BCUT2D eigenvalue weighted by Gasteiger charge is 2.34. The van der Waals surface area contributed by atoms with Crippen molar-refractivity contribution in [3.8, 4) is 16.9 Å². The molecule has 2 N–H and O–H groups in total. The Morgan fingerprint density at radius 3 is 2.44 bits per heavy atom. The second-order valence-corrected chi connectivity index (χ2v) is 14.7. The second kappa shape index (κ2) is 15.8. The van der Waals surface area contributed by atoms with Crippen LogP contribution in [0.25, 0.3) is 21.9 Å². The lowest BCUT2D eigenvalue weighted by Crippen LogP contribution is -2.47. The first-order valence-electron chi connectivity index (χ1n) is 18.5. The molecule has 0 bridgehead atoms. The van der Waals surface area contributed by atoms with Crippen LogP contribution in [0.15, 0.2) is 65.8 Å². The number of hydrogen-bond donors (Lipinski definition) is 2. The molecule has 2 aromatic carbocycles. The number of imide groups is 1. The van der Waals surface area contributed by atoms with Crippen LogP contribution in [-0.4, -0.2) is 77.2 Å². The predicted octanol–water partition coefficient (Wildman–Crippen LogP) is 5.60. The monoisotopic (exact) mass is 762 g/mol. The minimum atomic E-state index is -4.89. The summed E-state index contributed by atoms with van der Waals surface area (Å²) >= 11 is 0. The van der Waals surface area contributed by atoms with E-state index in [0.717, 1.165) is 0 Å². The lowest BCUT2D eigenvalue weighted by atomic mass is 9.88. The standard InChI is InChI=1S/C40H42F4N6O5/c1-48-22-31(29-8-13-45-21-30(29)39(48)54)26-2-3-27(36(19-26)55-40(42,43)44)18-24-9-14-49(15-10-24)23-35(51)25-11-16-50(17-12-25)34-6-4-28(20-32(34)41)46-33-5-7-37(52)47-38(33)53/h2-4,6,8,13,19-22,24-25,33,46H,5,7,9-12,14-18,23H2,1H3,(H,47,52,53). The Hall–Kier alpha value is -5.31. The fraction of sp³-hybridized carbons (Fsp3) is 0.425. The maximum absolute atomic E-state index is 15.2. The molecule has 11 nitrogen and oxygen atoms in total. The molecule has 2 aromatic heterocycles. The molecular formula is C40H42F4N6O5. The van der Waals surface area contributed by atoms with Crippen molar-refractivity contribution in [2.75, 3.05) is 42.9 Å². The van der Waals surface area contributed by atoms with Crippen LogP contribution in [0.1, 0.15) is 44.1 Å². The van der Waals surface area contributed by atoms with Gasteiger partial charge >= 0.3 is 6.36 Å². The first-order valence-corrected chi connectivity index (χ1v) is 18.5. The van der Waals surface area contributed by atoms with Gasteiger partial charge in [0.1, 0.15) is 23.4 Å². The average Bonchev–Trinajstić information content (AvgIpc) is 3.15. The first-order chi connectivity index (χ1) is 26.3. The van der Waals surface area contributed by atoms with Gasteiger partial charge in [-0.15, -0.1) is 13.2 Å². The smallest absolute Gasteiger partial charge is 0.405 e. The van der Waals surface area contributed by atoms with Gasteiger partial charge in [0.05, 0.1) is 17.6 Å². The van der Waals surface area contributed by atoms with E-state index in [0.29, 0.717) is 110 Å². The van der Waals surface area contributed by atoms with Crippen LogP contribution in [0.2, 0.25) is 0 Å². The lowest BCUT2D eigenvalue weighted by molar-refractivity contribution is -0.274. The lowest BCUT2D eigenvalue weighted by Gasteiger charge is -2.35. The van der Waals surface area contributed by atoms with Crippen LogP contribution >= 0.6 is 0 Å². The number of nitrogens with zero attached hydrogens (tertiary/aromatic N) is 4. The van der Waals surface area contributed by atoms with E-state index in [-0.39, 0.29) is 41.3 Å². The van der Waals surface area contributed by atoms with E-state index in [4.69, 9.17) is 0 Å². The number of carbonyl (C=O) groups is 3. The molecule has 3 aliphatic heterocycles. The number of piperidine rings is 3. The number of Topliss-reactive ketones (excluding diaryl/α,β-unsaturated/α-hetero) is 1. The summed E-state index contributed by atoms with van der Waals surface area (Å²) in [5.41, 5.74) is 2.13. The summed E-state index contributed by atoms with van der Waals surface area (Å²) < 4.78 is 61.9. The molecule has 3 aliphatic rings. The number of aryl methyl sites for hydroxylation is 1. The van der Waals surface area contributed by atoms with E-state index in [1.807, 2.05) is 4.90 Å². The van der Waals surface area contributed by atoms with E-state index in [1.54, 1.807) is 43.6 Å². The van der Waals surface area contributed by atoms with Gasteiger partial charge in [0, 0.05) is 62.3 Å². The maximum atomic E-state index is 15.2. The van der Waals surface area contributed by atoms with Crippen LogP contribution < -0.4 is 25.8 Å². The Morgan fingerprint density at radius 1 is 0.964 bits per heavy atom. The van der Waals surface area contributed by atoms with Crippen molar-refractivity contribution in [2.24, 2.45) is 18.9 Å². The van der Waals surface area contributed by atoms with Crippen LogP contribution in [0.3, 0.4) is 0 Å². The quantitative estimate of drug-likeness (QED) is 0.157. The van der Waals surface area contributed by atoms with Gasteiger partial charge in [-0.05, 0) is 104 Å². The Balaban J connectivity index is 0.918. The van der Waals surface area contributed by atoms with E-state index < -0.39 is 24.1 Å². The molecular weight excluding hydrogens is 720 g/mol. The Bertz CT molecular complexity index is 2160. The first kappa shape index (κ1) is 38.0. The summed E-state index contributed by atoms with van der Waals surface area (Å²) in [4.78, 5) is 57.5. The van der Waals surface area contributed by atoms with Crippen LogP contribution in [0.4, 0.5) is 28.9 Å². The number of hydrogen-bond acceptors (Lipinski definition) is 9. The molecule has 290 valence electrons. The van der Waals surface area contributed by atoms with Crippen molar-refractivity contribution in [2.45, 2.75) is 57.3 Å². The van der Waals surface area contributed by atoms with Crippen molar-refractivity contribution < 1.29 is 36.7 Å². The second-order valence-electron chi connectivity index (χ2n) is 14.7. The molecule has 3 fully saturated rings. The molecule has 5 heterocycles. The molecule has 1 atom stereocenters. The number of ketones is 1. The van der Waals surface area contributed by atoms with Gasteiger partial charge in [-0.25, -0.2) is 4.39 Å². The van der Waals surface area contributed by atoms with Crippen molar-refractivity contribution in [1.82, 2.24) is 19.8 Å². The highest BCUT2D eigenvalue weighted by molar-refractivity contribution is 6.01. The number of anilines is 2. The Labute approximate surface area is 314 Å². The summed E-state index contributed by atoms with van der Waals surface area (Å²) in [5, 5.41) is 6.22. The van der Waals surface area contributed by atoms with E-state index in [2.05, 4.69) is 25.3 Å². The topological polar surface area (TPSA) is 126 Å². The van der Waals surface area contributed by atoms with Gasteiger partial charge in [-0.2, -0.15) is 0 Å². The number of ether oxygens (including phenoxy) is 1. The number of benzene rings is 2. The van der Waals surface area contributed by atoms with E-state index in [9.17, 15) is 32.3 Å². The molecule has 15 heteroatoms. The fourth-order valence-corrected chi connectivity index (χ4v) is 7.99. The molecule has 55 heavy (non-hydrogen) atoms. The minimum Gasteiger partial charge on any atom is -0.405 e. The number of alkyl halides is 3. The number of aromatic nitrogens is 2. The van der Waals surface area contributed by atoms with Crippen molar-refractivity contribution in [3.05, 3.63) is 82.8 Å². The molecule has 0 radical (unpaired) electrons. The van der Waals surface area contributed by atoms with Crippen LogP contribution in [0.5, 0.6) is 5.75 Å². The van der Waals surface area contributed by atoms with Gasteiger partial charge in [-0.3, -0.25) is 34.4 Å². The molecule has 0 saturated carbocycles. The number of pyridine rings is 2. The average molecular weight is 763 g/mol. The molecule has 3 saturated heterocycles. The Kier molecular flexibility index (Phi) is 10.9. The number of likely N-dealkylation sites (tertiary alicyclic amines) is 1. The molecule has 7 rings (SSSR count). The molecule has 1 unspecified atom stereocenters. The number of nitrogens with one attached hydrogen (secondary N) is 2. The SMILES string of the molecule is Cn1cc(-c2ccc(CC3CCN(CC(=O)C4CCN(c5ccc(NC6CCC(=O)NC6=O)cc5F)CC4)CC3)c(OC(F)(F)F)c2)c2ccncc2c1=O. The number of halogens is 4. The third kappa shape index (κ3) is 8.82. The summed E-state index contributed by atoms with van der Waals surface area (Å²) in [6.45, 7) is 2.63. The van der Waals surface area contributed by atoms with E-state index >= 15 is 4.39 Å². The van der Waals surface area contributed by atoms with E-state index in [1.165, 1.54) is 29.1 Å². The number of fused-ring (bicyclic) bond motifs is 1. The van der Waals surface area contributed by atoms with Gasteiger partial charge in [0.2, 0.25) is 11.8 Å². The Morgan fingerprint density at radius 2 is 1.73 bits per heavy atom. The third-order valence-electron chi connectivity index (χ3n) is 11.0. The third-order valence-corrected chi connectivity index (χ3v) is 11.0. The van der Waals surface area contributed by atoms with Crippen molar-refractivity contribution in [1.29, 1.82) is 0 Å². The van der Waals surface area contributed by atoms with Gasteiger partial charge < -0.3 is 19.5 Å². The van der Waals surface area contributed by atoms with Crippen molar-refractivity contribution in [3.63, 3.8) is 0 Å². The van der Waals surface area contributed by atoms with Crippen molar-refractivity contribution >= 4 is 39.7 Å². The zero-order chi connectivity index (χ0) is 38.9. The van der Waals surface area contributed by atoms with Gasteiger partial charge in [0.25, 0.3) is 5.56 Å².